The lowest BCUT2D eigenvalue weighted by atomic mass is 10.2. The number of benzene rings is 1. The summed E-state index contributed by atoms with van der Waals surface area (Å²) in [5, 5.41) is 11.9. The van der Waals surface area contributed by atoms with Gasteiger partial charge in [0.25, 0.3) is 0 Å². The molecule has 0 radical (unpaired) electrons. The number of carbonyl (C=O) groups is 2. The topological polar surface area (TPSA) is 71.4 Å². The minimum atomic E-state index is -1.38. The minimum Gasteiger partial charge on any atom is -0.545 e. The van der Waals surface area contributed by atoms with Gasteiger partial charge in [-0.05, 0) is 48.8 Å². The SMILES string of the molecule is CC(C)(C)OC(=O)n1cc(C(=O)[O-])c2cc(Br)c(Cl)cc21. The zero-order valence-corrected chi connectivity index (χ0v) is 13.9. The molecular formula is C14H12BrClNO4-. The summed E-state index contributed by atoms with van der Waals surface area (Å²) in [7, 11) is 0. The molecule has 7 heteroatoms. The van der Waals surface area contributed by atoms with Crippen LogP contribution < -0.4 is 5.11 Å². The first-order chi connectivity index (χ1) is 9.60. The molecule has 0 aliphatic rings. The molecule has 0 unspecified atom stereocenters. The predicted molar refractivity (Wildman–Crippen MR) is 80.6 cm³/mol. The van der Waals surface area contributed by atoms with Crippen molar-refractivity contribution in [3.05, 3.63) is 33.4 Å². The van der Waals surface area contributed by atoms with Crippen LogP contribution in [0.4, 0.5) is 4.79 Å². The standard InChI is InChI=1S/C14H13BrClNO4/c1-14(2,3)21-13(20)17-6-8(12(18)19)7-4-9(15)10(16)5-11(7)17/h4-6H,1-3H3,(H,18,19)/p-1. The van der Waals surface area contributed by atoms with Crippen molar-refractivity contribution in [2.75, 3.05) is 0 Å². The van der Waals surface area contributed by atoms with Gasteiger partial charge in [0.15, 0.2) is 0 Å². The molecule has 1 aromatic carbocycles. The Morgan fingerprint density at radius 2 is 1.95 bits per heavy atom. The highest BCUT2D eigenvalue weighted by atomic mass is 79.9. The number of aromatic carboxylic acids is 1. The van der Waals surface area contributed by atoms with Gasteiger partial charge >= 0.3 is 6.09 Å². The van der Waals surface area contributed by atoms with E-state index in [4.69, 9.17) is 16.3 Å². The highest BCUT2D eigenvalue weighted by Gasteiger charge is 2.21. The molecule has 0 aliphatic heterocycles. The van der Waals surface area contributed by atoms with Crippen molar-refractivity contribution in [2.45, 2.75) is 26.4 Å². The van der Waals surface area contributed by atoms with Crippen LogP contribution in [0.15, 0.2) is 22.8 Å². The van der Waals surface area contributed by atoms with Crippen molar-refractivity contribution >= 4 is 50.5 Å². The molecule has 1 aromatic heterocycles. The van der Waals surface area contributed by atoms with Crippen LogP contribution in [0.3, 0.4) is 0 Å². The van der Waals surface area contributed by atoms with Crippen molar-refractivity contribution < 1.29 is 19.4 Å². The van der Waals surface area contributed by atoms with Gasteiger partial charge in [0.2, 0.25) is 0 Å². The molecule has 2 rings (SSSR count). The van der Waals surface area contributed by atoms with Crippen LogP contribution in [-0.2, 0) is 4.74 Å². The molecule has 5 nitrogen and oxygen atoms in total. The van der Waals surface area contributed by atoms with Gasteiger partial charge in [-0.2, -0.15) is 0 Å². The first-order valence-electron chi connectivity index (χ1n) is 6.05. The number of halogens is 2. The molecular weight excluding hydrogens is 362 g/mol. The monoisotopic (exact) mass is 372 g/mol. The Hall–Kier alpha value is -1.53. The van der Waals surface area contributed by atoms with E-state index in [-0.39, 0.29) is 5.56 Å². The molecule has 0 atom stereocenters. The van der Waals surface area contributed by atoms with E-state index in [9.17, 15) is 14.7 Å². The number of aromatic nitrogens is 1. The normalized spacial score (nSPS) is 11.7. The van der Waals surface area contributed by atoms with E-state index in [1.54, 1.807) is 20.8 Å². The van der Waals surface area contributed by atoms with Crippen LogP contribution in [0.1, 0.15) is 31.1 Å². The number of carboxylic acid groups (broad SMARTS) is 1. The van der Waals surface area contributed by atoms with E-state index < -0.39 is 17.7 Å². The van der Waals surface area contributed by atoms with Crippen molar-refractivity contribution in [3.8, 4) is 0 Å². The summed E-state index contributed by atoms with van der Waals surface area (Å²) in [4.78, 5) is 23.4. The molecule has 0 spiro atoms. The quantitative estimate of drug-likeness (QED) is 0.769. The Morgan fingerprint density at radius 3 is 2.48 bits per heavy atom. The Balaban J connectivity index is 2.67. The molecule has 0 N–H and O–H groups in total. The maximum atomic E-state index is 12.2. The lowest BCUT2D eigenvalue weighted by molar-refractivity contribution is -0.254. The smallest absolute Gasteiger partial charge is 0.419 e. The first-order valence-corrected chi connectivity index (χ1v) is 7.22. The van der Waals surface area contributed by atoms with Gasteiger partial charge in [0.1, 0.15) is 5.60 Å². The van der Waals surface area contributed by atoms with Gasteiger partial charge in [0.05, 0.1) is 16.5 Å². The number of rotatable bonds is 1. The van der Waals surface area contributed by atoms with Gasteiger partial charge in [-0.25, -0.2) is 4.79 Å². The molecule has 2 aromatic rings. The average Bonchev–Trinajstić information content (AvgIpc) is 2.66. The summed E-state index contributed by atoms with van der Waals surface area (Å²) in [5.41, 5.74) is -0.459. The molecule has 0 saturated carbocycles. The van der Waals surface area contributed by atoms with Crippen LogP contribution in [-0.4, -0.2) is 22.2 Å². The zero-order chi connectivity index (χ0) is 15.9. The van der Waals surface area contributed by atoms with Crippen molar-refractivity contribution in [1.82, 2.24) is 4.57 Å². The fourth-order valence-corrected chi connectivity index (χ4v) is 2.35. The Labute approximate surface area is 134 Å². The molecule has 112 valence electrons. The van der Waals surface area contributed by atoms with Crippen LogP contribution >= 0.6 is 27.5 Å². The summed E-state index contributed by atoms with van der Waals surface area (Å²) < 4.78 is 6.89. The van der Waals surface area contributed by atoms with Crippen molar-refractivity contribution in [3.63, 3.8) is 0 Å². The summed E-state index contributed by atoms with van der Waals surface area (Å²) >= 11 is 9.23. The number of hydrogen-bond acceptors (Lipinski definition) is 4. The molecule has 0 aliphatic carbocycles. The Morgan fingerprint density at radius 1 is 1.33 bits per heavy atom. The summed E-state index contributed by atoms with van der Waals surface area (Å²) in [6.07, 6.45) is 0.495. The summed E-state index contributed by atoms with van der Waals surface area (Å²) in [6.45, 7) is 5.17. The van der Waals surface area contributed by atoms with E-state index in [1.165, 1.54) is 18.3 Å². The zero-order valence-electron chi connectivity index (χ0n) is 11.6. The third kappa shape index (κ3) is 3.22. The van der Waals surface area contributed by atoms with Crippen LogP contribution in [0.2, 0.25) is 5.02 Å². The fourth-order valence-electron chi connectivity index (χ4n) is 1.84. The number of fused-ring (bicyclic) bond motifs is 1. The second-order valence-corrected chi connectivity index (χ2v) is 6.73. The second-order valence-electron chi connectivity index (χ2n) is 5.46. The number of hydrogen-bond donors (Lipinski definition) is 0. The van der Waals surface area contributed by atoms with E-state index in [2.05, 4.69) is 15.9 Å². The van der Waals surface area contributed by atoms with Gasteiger partial charge in [0, 0.05) is 21.6 Å². The van der Waals surface area contributed by atoms with Crippen molar-refractivity contribution in [1.29, 1.82) is 0 Å². The third-order valence-corrected chi connectivity index (χ3v) is 3.85. The lowest BCUT2D eigenvalue weighted by Gasteiger charge is -2.19. The number of nitrogens with zero attached hydrogens (tertiary/aromatic N) is 1. The van der Waals surface area contributed by atoms with Gasteiger partial charge in [-0.3, -0.25) is 4.57 Å². The van der Waals surface area contributed by atoms with Gasteiger partial charge < -0.3 is 14.6 Å². The Bertz CT molecular complexity index is 745. The highest BCUT2D eigenvalue weighted by molar-refractivity contribution is 9.10. The number of carboxylic acids is 1. The third-order valence-electron chi connectivity index (χ3n) is 2.66. The van der Waals surface area contributed by atoms with E-state index in [0.29, 0.717) is 20.4 Å². The maximum Gasteiger partial charge on any atom is 0.419 e. The average molecular weight is 374 g/mol. The summed E-state index contributed by atoms with van der Waals surface area (Å²) in [6, 6.07) is 3.03. The van der Waals surface area contributed by atoms with Gasteiger partial charge in [-0.15, -0.1) is 0 Å². The fraction of sp³-hybridized carbons (Fsp3) is 0.286. The minimum absolute atomic E-state index is 0.103. The van der Waals surface area contributed by atoms with E-state index in [0.717, 1.165) is 4.57 Å². The van der Waals surface area contributed by atoms with Crippen LogP contribution in [0.25, 0.3) is 10.9 Å². The lowest BCUT2D eigenvalue weighted by Crippen LogP contribution is -2.27. The van der Waals surface area contributed by atoms with E-state index in [1.807, 2.05) is 0 Å². The largest absolute Gasteiger partial charge is 0.545 e. The number of carbonyl (C=O) groups excluding carboxylic acids is 2. The van der Waals surface area contributed by atoms with E-state index >= 15 is 0 Å². The maximum absolute atomic E-state index is 12.2. The van der Waals surface area contributed by atoms with Gasteiger partial charge in [-0.1, -0.05) is 11.6 Å². The molecule has 0 saturated heterocycles. The summed E-state index contributed by atoms with van der Waals surface area (Å²) in [5.74, 6) is -1.38. The Kier molecular flexibility index (Phi) is 4.04. The second kappa shape index (κ2) is 5.35. The highest BCUT2D eigenvalue weighted by Crippen LogP contribution is 2.31. The molecule has 0 amide bonds. The van der Waals surface area contributed by atoms with Crippen molar-refractivity contribution in [2.24, 2.45) is 0 Å². The first kappa shape index (κ1) is 15.9. The number of ether oxygens (including phenoxy) is 1. The predicted octanol–water partition coefficient (Wildman–Crippen LogP) is 3.20. The van der Waals surface area contributed by atoms with Crippen LogP contribution in [0.5, 0.6) is 0 Å². The molecule has 1 heterocycles. The molecule has 0 bridgehead atoms. The molecule has 21 heavy (non-hydrogen) atoms. The molecule has 0 fully saturated rings. The van der Waals surface area contributed by atoms with Crippen LogP contribution in [0, 0.1) is 0 Å².